The van der Waals surface area contributed by atoms with E-state index in [2.05, 4.69) is 6.58 Å². The molecule has 0 spiro atoms. The van der Waals surface area contributed by atoms with Crippen LogP contribution in [0.4, 0.5) is 0 Å². The van der Waals surface area contributed by atoms with Gasteiger partial charge in [-0.2, -0.15) is 0 Å². The van der Waals surface area contributed by atoms with Gasteiger partial charge in [0.15, 0.2) is 0 Å². The maximum atomic E-state index is 12.2. The molecule has 3 aliphatic rings. The molecule has 0 radical (unpaired) electrons. The smallest absolute Gasteiger partial charge is 0.334 e. The van der Waals surface area contributed by atoms with E-state index in [0.29, 0.717) is 24.0 Å². The number of hydrogen-bond acceptors (Lipinski definition) is 6. The summed E-state index contributed by atoms with van der Waals surface area (Å²) in [5, 5.41) is 10.4. The molecule has 0 aromatic heterocycles. The first-order valence-electron chi connectivity index (χ1n) is 8.77. The van der Waals surface area contributed by atoms with Crippen LogP contribution >= 0.6 is 0 Å². The molecule has 0 saturated carbocycles. The minimum absolute atomic E-state index is 0.103. The molecule has 0 bridgehead atoms. The summed E-state index contributed by atoms with van der Waals surface area (Å²) in [6.07, 6.45) is 0.727. The van der Waals surface area contributed by atoms with Crippen LogP contribution in [0.3, 0.4) is 0 Å². The van der Waals surface area contributed by atoms with Crippen molar-refractivity contribution in [2.75, 3.05) is 0 Å². The van der Waals surface area contributed by atoms with Gasteiger partial charge in [0.1, 0.15) is 12.2 Å². The zero-order chi connectivity index (χ0) is 18.5. The van der Waals surface area contributed by atoms with Gasteiger partial charge in [0.2, 0.25) is 0 Å². The van der Waals surface area contributed by atoms with E-state index in [-0.39, 0.29) is 18.0 Å². The van der Waals surface area contributed by atoms with E-state index in [9.17, 15) is 14.7 Å². The molecular weight excluding hydrogens is 324 g/mol. The van der Waals surface area contributed by atoms with E-state index in [1.807, 2.05) is 6.92 Å². The van der Waals surface area contributed by atoms with E-state index in [1.165, 1.54) is 0 Å². The van der Waals surface area contributed by atoms with Crippen molar-refractivity contribution in [3.05, 3.63) is 23.8 Å². The Balaban J connectivity index is 1.97. The van der Waals surface area contributed by atoms with E-state index in [4.69, 9.17) is 14.2 Å². The van der Waals surface area contributed by atoms with Crippen LogP contribution in [0, 0.1) is 11.8 Å². The second-order valence-electron chi connectivity index (χ2n) is 7.84. The van der Waals surface area contributed by atoms with Gasteiger partial charge in [-0.05, 0) is 25.5 Å². The summed E-state index contributed by atoms with van der Waals surface area (Å²) in [7, 11) is 0. The number of fused-ring (bicyclic) bond motifs is 2. The van der Waals surface area contributed by atoms with Gasteiger partial charge in [-0.3, -0.25) is 4.79 Å². The number of epoxide rings is 1. The molecular formula is C19H26O6. The van der Waals surface area contributed by atoms with Crippen LogP contribution in [0.1, 0.15) is 40.5 Å². The monoisotopic (exact) mass is 350 g/mol. The highest BCUT2D eigenvalue weighted by atomic mass is 16.6. The molecule has 6 atom stereocenters. The molecule has 6 nitrogen and oxygen atoms in total. The second-order valence-corrected chi connectivity index (χ2v) is 7.84. The van der Waals surface area contributed by atoms with Crippen LogP contribution in [0.5, 0.6) is 0 Å². The molecule has 1 aliphatic carbocycles. The average molecular weight is 350 g/mol. The summed E-state index contributed by atoms with van der Waals surface area (Å²) in [4.78, 5) is 24.3. The van der Waals surface area contributed by atoms with Crippen molar-refractivity contribution in [3.63, 3.8) is 0 Å². The fraction of sp³-hybridized carbons (Fsp3) is 0.684. The quantitative estimate of drug-likeness (QED) is 0.354. The number of ether oxygens (including phenoxy) is 3. The molecule has 2 saturated heterocycles. The van der Waals surface area contributed by atoms with Gasteiger partial charge < -0.3 is 19.3 Å². The molecule has 2 heterocycles. The molecule has 0 unspecified atom stereocenters. The molecule has 1 N–H and O–H groups in total. The summed E-state index contributed by atoms with van der Waals surface area (Å²) in [5.41, 5.74) is 0.523. The van der Waals surface area contributed by atoms with E-state index in [0.717, 1.165) is 0 Å². The van der Waals surface area contributed by atoms with Gasteiger partial charge in [0.05, 0.1) is 29.6 Å². The first-order valence-corrected chi connectivity index (χ1v) is 8.77. The molecule has 0 aromatic rings. The van der Waals surface area contributed by atoms with Crippen molar-refractivity contribution in [2.45, 2.75) is 70.6 Å². The molecule has 138 valence electrons. The summed E-state index contributed by atoms with van der Waals surface area (Å²) < 4.78 is 17.0. The minimum Gasteiger partial charge on any atom is -0.461 e. The third-order valence-corrected chi connectivity index (χ3v) is 5.43. The van der Waals surface area contributed by atoms with Gasteiger partial charge in [0, 0.05) is 18.4 Å². The Morgan fingerprint density at radius 1 is 1.48 bits per heavy atom. The number of aliphatic hydroxyl groups is 1. The fourth-order valence-corrected chi connectivity index (χ4v) is 3.63. The van der Waals surface area contributed by atoms with Crippen molar-refractivity contribution in [1.82, 2.24) is 0 Å². The Kier molecular flexibility index (Phi) is 4.54. The van der Waals surface area contributed by atoms with Crippen LogP contribution in [0.2, 0.25) is 0 Å². The van der Waals surface area contributed by atoms with Crippen molar-refractivity contribution < 1.29 is 28.9 Å². The highest BCUT2D eigenvalue weighted by molar-refractivity contribution is 5.91. The van der Waals surface area contributed by atoms with Gasteiger partial charge in [-0.1, -0.05) is 20.4 Å². The van der Waals surface area contributed by atoms with Gasteiger partial charge in [-0.15, -0.1) is 0 Å². The predicted octanol–water partition coefficient (Wildman–Crippen LogP) is 1.91. The Bertz CT molecular complexity index is 636. The minimum atomic E-state index is -0.658. The highest BCUT2D eigenvalue weighted by Gasteiger charge is 2.57. The van der Waals surface area contributed by atoms with E-state index >= 15 is 0 Å². The van der Waals surface area contributed by atoms with Crippen molar-refractivity contribution >= 4 is 11.9 Å². The van der Waals surface area contributed by atoms with E-state index < -0.39 is 35.8 Å². The lowest BCUT2D eigenvalue weighted by Gasteiger charge is -2.29. The first-order chi connectivity index (χ1) is 11.6. The number of carbonyl (C=O) groups excluding carboxylic acids is 2. The second kappa shape index (κ2) is 6.25. The molecule has 0 aromatic carbocycles. The molecule has 25 heavy (non-hydrogen) atoms. The molecule has 3 rings (SSSR count). The van der Waals surface area contributed by atoms with Crippen molar-refractivity contribution in [2.24, 2.45) is 11.8 Å². The van der Waals surface area contributed by atoms with Crippen LogP contribution in [-0.4, -0.2) is 47.1 Å². The molecule has 2 aliphatic heterocycles. The number of rotatable bonds is 2. The zero-order valence-corrected chi connectivity index (χ0v) is 15.2. The maximum absolute atomic E-state index is 12.2. The Hall–Kier alpha value is -1.66. The van der Waals surface area contributed by atoms with Crippen LogP contribution in [-0.2, 0) is 23.8 Å². The largest absolute Gasteiger partial charge is 0.461 e. The van der Waals surface area contributed by atoms with E-state index in [1.54, 1.807) is 26.8 Å². The summed E-state index contributed by atoms with van der Waals surface area (Å²) in [6, 6.07) is 0. The summed E-state index contributed by atoms with van der Waals surface area (Å²) in [6.45, 7) is 11.1. The molecule has 0 amide bonds. The third-order valence-electron chi connectivity index (χ3n) is 5.43. The zero-order valence-electron chi connectivity index (χ0n) is 15.2. The van der Waals surface area contributed by atoms with Crippen LogP contribution in [0.15, 0.2) is 23.8 Å². The third kappa shape index (κ3) is 3.37. The average Bonchev–Trinajstić information content (AvgIpc) is 3.04. The highest BCUT2D eigenvalue weighted by Crippen LogP contribution is 2.47. The fourth-order valence-electron chi connectivity index (χ4n) is 3.63. The van der Waals surface area contributed by atoms with Gasteiger partial charge in [0.25, 0.3) is 0 Å². The van der Waals surface area contributed by atoms with Crippen molar-refractivity contribution in [3.8, 4) is 0 Å². The number of esters is 2. The number of carbonyl (C=O) groups is 2. The Labute approximate surface area is 147 Å². The number of hydrogen-bond donors (Lipinski definition) is 1. The standard InChI is InChI=1S/C19H26O6/c1-9(2)17(21)24-14-8-19(5)15(25-19)7-12(20)10(3)6-13-16(14)11(4)18(22)23-13/h6,9,12-16,20H,4,7-8H2,1-3,5H3/b10-6+/t12-,13-,14+,15+,16+,19-/m0/s1. The molecule has 2 fully saturated rings. The van der Waals surface area contributed by atoms with Crippen LogP contribution < -0.4 is 0 Å². The number of aliphatic hydroxyl groups excluding tert-OH is 1. The lowest BCUT2D eigenvalue weighted by Crippen LogP contribution is -2.38. The topological polar surface area (TPSA) is 85.4 Å². The Morgan fingerprint density at radius 3 is 2.80 bits per heavy atom. The lowest BCUT2D eigenvalue weighted by atomic mass is 9.82. The summed E-state index contributed by atoms with van der Waals surface area (Å²) >= 11 is 0. The normalized spacial score (nSPS) is 42.8. The first kappa shape index (κ1) is 18.1. The maximum Gasteiger partial charge on any atom is 0.334 e. The van der Waals surface area contributed by atoms with Gasteiger partial charge in [-0.25, -0.2) is 4.79 Å². The van der Waals surface area contributed by atoms with Gasteiger partial charge >= 0.3 is 11.9 Å². The lowest BCUT2D eigenvalue weighted by molar-refractivity contribution is -0.157. The van der Waals surface area contributed by atoms with Crippen molar-refractivity contribution in [1.29, 1.82) is 0 Å². The predicted molar refractivity (Wildman–Crippen MR) is 89.5 cm³/mol. The SMILES string of the molecule is C=C1C(=O)O[C@H]2/C=C(\C)[C@@H](O)C[C@H]3O[C@@]3(C)C[C@@H](OC(=O)C(C)C)[C@H]12. The molecule has 6 heteroatoms. The Morgan fingerprint density at radius 2 is 2.16 bits per heavy atom. The van der Waals surface area contributed by atoms with Crippen LogP contribution in [0.25, 0.3) is 0 Å². The summed E-state index contributed by atoms with van der Waals surface area (Å²) in [5.74, 6) is -1.56.